The molecule has 1 rings (SSSR count). The molecule has 2 atom stereocenters. The Bertz CT molecular complexity index is 141. The molecule has 0 saturated heterocycles. The molecular weight excluding hydrogens is 429 g/mol. The van der Waals surface area contributed by atoms with Gasteiger partial charge in [0.2, 0.25) is 0 Å². The number of hydrogen-bond donors (Lipinski definition) is 0. The molecule has 2 unspecified atom stereocenters. The van der Waals surface area contributed by atoms with Crippen molar-refractivity contribution >= 4 is 50.4 Å². The molecule has 0 fully saturated rings. The Morgan fingerprint density at radius 3 is 1.25 bits per heavy atom. The maximum absolute atomic E-state index is 8.00. The van der Waals surface area contributed by atoms with Gasteiger partial charge in [0.05, 0.1) is 10.8 Å². The molecule has 0 heterocycles. The van der Waals surface area contributed by atoms with Gasteiger partial charge in [0.25, 0.3) is 0 Å². The predicted octanol–water partition coefficient (Wildman–Crippen LogP) is 1.42. The Kier molecular flexibility index (Phi) is 67.5. The molecule has 0 N–H and O–H groups in total. The fourth-order valence-electron chi connectivity index (χ4n) is 0.589. The standard InChI is InChI=1S/C5H6Cl2.4CH2O.Re/c6-4-2-1-3-5(4)7;4*1-2;/h1-2,4-5H,3H2;4*1H2;. The monoisotopic (exact) mass is 443 g/mol. The maximum Gasteiger partial charge on any atom is 0.106 e. The topological polar surface area (TPSA) is 68.3 Å². The van der Waals surface area contributed by atoms with Crippen molar-refractivity contribution in [1.29, 1.82) is 0 Å². The quantitative estimate of drug-likeness (QED) is 0.420. The molecular formula is C9H14Cl2O4Re. The van der Waals surface area contributed by atoms with Gasteiger partial charge >= 0.3 is 0 Å². The van der Waals surface area contributed by atoms with Crippen LogP contribution in [0.4, 0.5) is 0 Å². The Morgan fingerprint density at radius 1 is 0.875 bits per heavy atom. The molecule has 0 aliphatic heterocycles. The van der Waals surface area contributed by atoms with Crippen LogP contribution in [0.1, 0.15) is 6.42 Å². The first kappa shape index (κ1) is 29.6. The van der Waals surface area contributed by atoms with Crippen LogP contribution in [-0.4, -0.2) is 37.9 Å². The van der Waals surface area contributed by atoms with Gasteiger partial charge in [-0.2, -0.15) is 0 Å². The van der Waals surface area contributed by atoms with E-state index in [1.54, 1.807) is 0 Å². The van der Waals surface area contributed by atoms with Gasteiger partial charge in [-0.25, -0.2) is 0 Å². The largest absolute Gasteiger partial charge is 0.307 e. The fourth-order valence-corrected chi connectivity index (χ4v) is 0.982. The van der Waals surface area contributed by atoms with E-state index < -0.39 is 0 Å². The fraction of sp³-hybridized carbons (Fsp3) is 0.333. The second-order valence-corrected chi connectivity index (χ2v) is 2.69. The van der Waals surface area contributed by atoms with Crippen molar-refractivity contribution in [3.05, 3.63) is 12.2 Å². The molecule has 1 aliphatic carbocycles. The minimum Gasteiger partial charge on any atom is -0.307 e. The van der Waals surface area contributed by atoms with Crippen LogP contribution in [0.3, 0.4) is 0 Å². The van der Waals surface area contributed by atoms with E-state index in [-0.39, 0.29) is 31.2 Å². The first-order valence-electron chi connectivity index (χ1n) is 3.41. The van der Waals surface area contributed by atoms with E-state index in [4.69, 9.17) is 42.4 Å². The third kappa shape index (κ3) is 23.5. The summed E-state index contributed by atoms with van der Waals surface area (Å²) in [6, 6.07) is 0. The van der Waals surface area contributed by atoms with Crippen molar-refractivity contribution in [2.45, 2.75) is 17.2 Å². The second-order valence-electron chi connectivity index (χ2n) is 1.62. The van der Waals surface area contributed by atoms with E-state index in [2.05, 4.69) is 0 Å². The molecule has 1 aliphatic rings. The number of hydrogen-bond acceptors (Lipinski definition) is 4. The van der Waals surface area contributed by atoms with Crippen LogP contribution in [0.2, 0.25) is 0 Å². The minimum absolute atomic E-state index is 0. The first-order valence-corrected chi connectivity index (χ1v) is 4.28. The summed E-state index contributed by atoms with van der Waals surface area (Å²) in [6.45, 7) is 8.00. The summed E-state index contributed by atoms with van der Waals surface area (Å²) in [4.78, 5) is 32.0. The number of carbonyl (C=O) groups excluding carboxylic acids is 4. The van der Waals surface area contributed by atoms with Gasteiger partial charge in [-0.15, -0.1) is 23.2 Å². The SMILES string of the molecule is C=O.C=O.C=O.C=O.ClC1C=CCC1Cl.[Re]. The van der Waals surface area contributed by atoms with Gasteiger partial charge in [0.1, 0.15) is 27.2 Å². The number of allylic oxidation sites excluding steroid dienone is 2. The summed E-state index contributed by atoms with van der Waals surface area (Å²) >= 11 is 11.3. The third-order valence-electron chi connectivity index (χ3n) is 1.03. The smallest absolute Gasteiger partial charge is 0.106 e. The van der Waals surface area contributed by atoms with Gasteiger partial charge in [-0.05, 0) is 6.42 Å². The van der Waals surface area contributed by atoms with Gasteiger partial charge in [-0.3, -0.25) is 0 Å². The average molecular weight is 443 g/mol. The Hall–Kier alpha value is -0.338. The van der Waals surface area contributed by atoms with Crippen molar-refractivity contribution < 1.29 is 39.6 Å². The summed E-state index contributed by atoms with van der Waals surface area (Å²) in [6.07, 6.45) is 4.87. The van der Waals surface area contributed by atoms with Crippen LogP contribution in [0.15, 0.2) is 12.2 Å². The molecule has 0 aromatic rings. The van der Waals surface area contributed by atoms with E-state index in [1.807, 2.05) is 39.3 Å². The number of alkyl halides is 2. The van der Waals surface area contributed by atoms with Gasteiger partial charge < -0.3 is 19.2 Å². The molecule has 0 saturated carbocycles. The number of carbonyl (C=O) groups is 4. The van der Waals surface area contributed by atoms with Crippen molar-refractivity contribution in [2.24, 2.45) is 0 Å². The van der Waals surface area contributed by atoms with E-state index in [9.17, 15) is 0 Å². The predicted molar refractivity (Wildman–Crippen MR) is 61.5 cm³/mol. The normalized spacial score (nSPS) is 18.4. The van der Waals surface area contributed by atoms with Crippen LogP contribution in [0, 0.1) is 0 Å². The number of rotatable bonds is 0. The third-order valence-corrected chi connectivity index (χ3v) is 2.05. The van der Waals surface area contributed by atoms with Crippen molar-refractivity contribution in [3.8, 4) is 0 Å². The van der Waals surface area contributed by atoms with Crippen molar-refractivity contribution in [1.82, 2.24) is 0 Å². The molecule has 7 heteroatoms. The summed E-state index contributed by atoms with van der Waals surface area (Å²) in [5.41, 5.74) is 0. The summed E-state index contributed by atoms with van der Waals surface area (Å²) in [5.74, 6) is 0. The average Bonchev–Trinajstić information content (AvgIpc) is 2.74. The van der Waals surface area contributed by atoms with Gasteiger partial charge in [0, 0.05) is 20.4 Å². The zero-order chi connectivity index (χ0) is 13.3. The van der Waals surface area contributed by atoms with E-state index in [0.29, 0.717) is 0 Å². The Morgan fingerprint density at radius 2 is 1.19 bits per heavy atom. The van der Waals surface area contributed by atoms with Crippen LogP contribution >= 0.6 is 23.2 Å². The van der Waals surface area contributed by atoms with E-state index in [1.165, 1.54) is 0 Å². The Labute approximate surface area is 119 Å². The van der Waals surface area contributed by atoms with Crippen LogP contribution in [-0.2, 0) is 39.6 Å². The molecule has 0 spiro atoms. The molecule has 0 amide bonds. The second kappa shape index (κ2) is 36.5. The zero-order valence-electron chi connectivity index (χ0n) is 8.61. The maximum atomic E-state index is 8.00. The minimum atomic E-state index is 0. The van der Waals surface area contributed by atoms with Gasteiger partial charge in [-0.1, -0.05) is 12.2 Å². The van der Waals surface area contributed by atoms with E-state index in [0.717, 1.165) is 6.42 Å². The number of halogens is 2. The van der Waals surface area contributed by atoms with Crippen molar-refractivity contribution in [2.75, 3.05) is 0 Å². The van der Waals surface area contributed by atoms with Crippen LogP contribution in [0.5, 0.6) is 0 Å². The molecule has 95 valence electrons. The van der Waals surface area contributed by atoms with Crippen LogP contribution < -0.4 is 0 Å². The molecule has 0 aromatic heterocycles. The zero-order valence-corrected chi connectivity index (χ0v) is 12.8. The summed E-state index contributed by atoms with van der Waals surface area (Å²) < 4.78 is 0. The molecule has 4 nitrogen and oxygen atoms in total. The molecule has 1 radical (unpaired) electrons. The van der Waals surface area contributed by atoms with Crippen molar-refractivity contribution in [3.63, 3.8) is 0 Å². The van der Waals surface area contributed by atoms with Gasteiger partial charge in [0.15, 0.2) is 0 Å². The van der Waals surface area contributed by atoms with E-state index >= 15 is 0 Å². The molecule has 0 aromatic carbocycles. The first-order chi connectivity index (χ1) is 7.30. The summed E-state index contributed by atoms with van der Waals surface area (Å²) in [7, 11) is 0. The summed E-state index contributed by atoms with van der Waals surface area (Å²) in [5, 5.41) is 0.211. The van der Waals surface area contributed by atoms with Crippen LogP contribution in [0.25, 0.3) is 0 Å². The Balaban J connectivity index is -0.0000000390. The molecule has 0 bridgehead atoms. The molecule has 16 heavy (non-hydrogen) atoms.